The Hall–Kier alpha value is -2.61. The summed E-state index contributed by atoms with van der Waals surface area (Å²) < 4.78 is 4.84. The molecule has 0 spiro atoms. The molecule has 1 saturated heterocycles. The third-order valence-corrected chi connectivity index (χ3v) is 4.29. The van der Waals surface area contributed by atoms with E-state index in [9.17, 15) is 19.2 Å². The van der Waals surface area contributed by atoms with E-state index in [0.717, 1.165) is 27.8 Å². The van der Waals surface area contributed by atoms with Crippen LogP contribution in [0.5, 0.6) is 0 Å². The van der Waals surface area contributed by atoms with E-state index in [1.165, 1.54) is 6.08 Å². The van der Waals surface area contributed by atoms with Crippen molar-refractivity contribution >= 4 is 40.9 Å². The van der Waals surface area contributed by atoms with Gasteiger partial charge in [0.05, 0.1) is 5.75 Å². The quantitative estimate of drug-likeness (QED) is 0.582. The van der Waals surface area contributed by atoms with E-state index in [2.05, 4.69) is 5.32 Å². The summed E-state index contributed by atoms with van der Waals surface area (Å²) in [6, 6.07) is 7.55. The van der Waals surface area contributed by atoms with Gasteiger partial charge in [-0.1, -0.05) is 36.0 Å². The second kappa shape index (κ2) is 9.03. The van der Waals surface area contributed by atoms with Crippen molar-refractivity contribution in [1.82, 2.24) is 10.2 Å². The second-order valence-electron chi connectivity index (χ2n) is 5.25. The van der Waals surface area contributed by atoms with Gasteiger partial charge in [0.15, 0.2) is 6.61 Å². The number of ether oxygens (including phenoxy) is 1. The largest absolute Gasteiger partial charge is 0.452 e. The number of carbonyl (C=O) groups is 4. The van der Waals surface area contributed by atoms with Gasteiger partial charge in [-0.25, -0.2) is 4.79 Å². The first-order valence-corrected chi connectivity index (χ1v) is 8.60. The van der Waals surface area contributed by atoms with E-state index in [0.29, 0.717) is 0 Å². The zero-order valence-electron chi connectivity index (χ0n) is 13.7. The summed E-state index contributed by atoms with van der Waals surface area (Å²) in [5, 5.41) is 2.18. The predicted octanol–water partition coefficient (Wildman–Crippen LogP) is 1.36. The predicted molar refractivity (Wildman–Crippen MR) is 93.7 cm³/mol. The van der Waals surface area contributed by atoms with Gasteiger partial charge >= 0.3 is 5.97 Å². The van der Waals surface area contributed by atoms with Crippen LogP contribution in [0.4, 0.5) is 4.79 Å². The Morgan fingerprint density at radius 2 is 2.08 bits per heavy atom. The van der Waals surface area contributed by atoms with E-state index in [-0.39, 0.29) is 30.0 Å². The lowest BCUT2D eigenvalue weighted by Gasteiger charge is -2.12. The van der Waals surface area contributed by atoms with Crippen LogP contribution in [-0.2, 0) is 19.1 Å². The van der Waals surface area contributed by atoms with E-state index in [1.807, 2.05) is 31.2 Å². The van der Waals surface area contributed by atoms with Gasteiger partial charge in [-0.3, -0.25) is 19.3 Å². The van der Waals surface area contributed by atoms with E-state index in [4.69, 9.17) is 4.74 Å². The second-order valence-corrected chi connectivity index (χ2v) is 6.17. The molecule has 1 aromatic rings. The van der Waals surface area contributed by atoms with Gasteiger partial charge in [-0.15, -0.1) is 0 Å². The number of esters is 1. The summed E-state index contributed by atoms with van der Waals surface area (Å²) in [5.41, 5.74) is 1.91. The van der Waals surface area contributed by atoms with Crippen molar-refractivity contribution in [3.8, 4) is 0 Å². The van der Waals surface area contributed by atoms with Gasteiger partial charge < -0.3 is 10.1 Å². The Balaban J connectivity index is 1.67. The van der Waals surface area contributed by atoms with Crippen molar-refractivity contribution in [3.63, 3.8) is 0 Å². The number of thioether (sulfide) groups is 1. The topological polar surface area (TPSA) is 92.8 Å². The van der Waals surface area contributed by atoms with Gasteiger partial charge in [0.2, 0.25) is 5.91 Å². The van der Waals surface area contributed by atoms with Gasteiger partial charge in [-0.05, 0) is 24.1 Å². The van der Waals surface area contributed by atoms with E-state index in [1.54, 1.807) is 6.08 Å². The first-order chi connectivity index (χ1) is 12.0. The summed E-state index contributed by atoms with van der Waals surface area (Å²) >= 11 is 0.939. The molecule has 3 amide bonds. The summed E-state index contributed by atoms with van der Waals surface area (Å²) in [6.07, 6.45) is 2.88. The number of hydrogen-bond acceptors (Lipinski definition) is 6. The smallest absolute Gasteiger partial charge is 0.331 e. The number of hydrogen-bond donors (Lipinski definition) is 1. The van der Waals surface area contributed by atoms with E-state index < -0.39 is 18.5 Å². The number of imide groups is 1. The molecule has 8 heteroatoms. The lowest BCUT2D eigenvalue weighted by Crippen LogP contribution is -2.38. The fourth-order valence-electron chi connectivity index (χ4n) is 2.07. The molecular weight excluding hydrogens is 344 g/mol. The van der Waals surface area contributed by atoms with Crippen molar-refractivity contribution in [2.24, 2.45) is 0 Å². The first-order valence-electron chi connectivity index (χ1n) is 7.61. The Kier molecular flexibility index (Phi) is 6.76. The van der Waals surface area contributed by atoms with Crippen LogP contribution in [0, 0.1) is 6.92 Å². The minimum Gasteiger partial charge on any atom is -0.452 e. The van der Waals surface area contributed by atoms with Crippen LogP contribution >= 0.6 is 11.8 Å². The third kappa shape index (κ3) is 5.75. The summed E-state index contributed by atoms with van der Waals surface area (Å²) in [4.78, 5) is 47.1. The standard InChI is InChI=1S/C17H18N2O5S/c1-12-4-2-3-5-13(12)6-7-16(22)24-10-14(20)18-8-9-19-15(21)11-25-17(19)23/h2-7H,8-11H2,1H3,(H,18,20)/b7-6+. The lowest BCUT2D eigenvalue weighted by atomic mass is 10.1. The highest BCUT2D eigenvalue weighted by Crippen LogP contribution is 2.17. The molecule has 1 N–H and O–H groups in total. The van der Waals surface area contributed by atoms with Gasteiger partial charge in [-0.2, -0.15) is 0 Å². The third-order valence-electron chi connectivity index (χ3n) is 3.43. The van der Waals surface area contributed by atoms with Crippen LogP contribution in [0.2, 0.25) is 0 Å². The van der Waals surface area contributed by atoms with Crippen molar-refractivity contribution in [1.29, 1.82) is 0 Å². The fourth-order valence-corrected chi connectivity index (χ4v) is 2.82. The minimum atomic E-state index is -0.625. The molecule has 1 heterocycles. The number of amides is 3. The molecular formula is C17H18N2O5S. The Labute approximate surface area is 149 Å². The van der Waals surface area contributed by atoms with Crippen molar-refractivity contribution in [2.45, 2.75) is 6.92 Å². The van der Waals surface area contributed by atoms with Crippen molar-refractivity contribution < 1.29 is 23.9 Å². The highest BCUT2D eigenvalue weighted by atomic mass is 32.2. The zero-order valence-corrected chi connectivity index (χ0v) is 14.5. The van der Waals surface area contributed by atoms with E-state index >= 15 is 0 Å². The number of rotatable bonds is 7. The monoisotopic (exact) mass is 362 g/mol. The molecule has 7 nitrogen and oxygen atoms in total. The zero-order chi connectivity index (χ0) is 18.2. The number of aryl methyl sites for hydroxylation is 1. The summed E-state index contributed by atoms with van der Waals surface area (Å²) in [6.45, 7) is 1.73. The maximum atomic E-state index is 11.6. The molecule has 2 rings (SSSR count). The Bertz CT molecular complexity index is 701. The maximum Gasteiger partial charge on any atom is 0.331 e. The van der Waals surface area contributed by atoms with Crippen LogP contribution in [0.15, 0.2) is 30.3 Å². The number of nitrogens with zero attached hydrogens (tertiary/aromatic N) is 1. The number of carbonyl (C=O) groups excluding carboxylic acids is 4. The Morgan fingerprint density at radius 3 is 2.76 bits per heavy atom. The number of nitrogens with one attached hydrogen (secondary N) is 1. The molecule has 0 unspecified atom stereocenters. The molecule has 25 heavy (non-hydrogen) atoms. The average Bonchev–Trinajstić information content (AvgIpc) is 2.91. The fraction of sp³-hybridized carbons (Fsp3) is 0.294. The summed E-state index contributed by atoms with van der Waals surface area (Å²) in [5.74, 6) is -1.25. The first kappa shape index (κ1) is 18.7. The Morgan fingerprint density at radius 1 is 1.32 bits per heavy atom. The molecule has 0 aliphatic carbocycles. The van der Waals surface area contributed by atoms with Gasteiger partial charge in [0.25, 0.3) is 11.1 Å². The molecule has 0 bridgehead atoms. The molecule has 0 atom stereocenters. The molecule has 0 aromatic heterocycles. The SMILES string of the molecule is Cc1ccccc1/C=C/C(=O)OCC(=O)NCCN1C(=O)CSC1=O. The normalized spacial score (nSPS) is 14.2. The number of benzene rings is 1. The van der Waals surface area contributed by atoms with Crippen LogP contribution in [-0.4, -0.2) is 53.4 Å². The lowest BCUT2D eigenvalue weighted by molar-refractivity contribution is -0.143. The molecule has 1 aliphatic rings. The molecule has 1 aromatic carbocycles. The minimum absolute atomic E-state index is 0.109. The highest BCUT2D eigenvalue weighted by molar-refractivity contribution is 8.14. The molecule has 1 aliphatic heterocycles. The average molecular weight is 362 g/mol. The van der Waals surface area contributed by atoms with Crippen LogP contribution in [0.1, 0.15) is 11.1 Å². The molecule has 132 valence electrons. The maximum absolute atomic E-state index is 11.6. The van der Waals surface area contributed by atoms with Crippen molar-refractivity contribution in [3.05, 3.63) is 41.5 Å². The molecule has 0 saturated carbocycles. The summed E-state index contributed by atoms with van der Waals surface area (Å²) in [7, 11) is 0. The van der Waals surface area contributed by atoms with Crippen LogP contribution in [0.3, 0.4) is 0 Å². The van der Waals surface area contributed by atoms with Gasteiger partial charge in [0.1, 0.15) is 0 Å². The van der Waals surface area contributed by atoms with Gasteiger partial charge in [0, 0.05) is 19.2 Å². The molecule has 0 radical (unpaired) electrons. The van der Waals surface area contributed by atoms with Crippen molar-refractivity contribution in [2.75, 3.05) is 25.4 Å². The highest BCUT2D eigenvalue weighted by Gasteiger charge is 2.29. The van der Waals surface area contributed by atoms with Crippen LogP contribution < -0.4 is 5.32 Å². The molecule has 1 fully saturated rings. The van der Waals surface area contributed by atoms with Crippen LogP contribution in [0.25, 0.3) is 6.08 Å².